The van der Waals surface area contributed by atoms with Crippen molar-refractivity contribution in [2.45, 2.75) is 26.2 Å². The van der Waals surface area contributed by atoms with Gasteiger partial charge in [0.1, 0.15) is 0 Å². The Morgan fingerprint density at radius 3 is 2.65 bits per heavy atom. The number of hydrogen-bond acceptors (Lipinski definition) is 3. The molecule has 2 rings (SSSR count). The molecule has 1 aromatic carbocycles. The fourth-order valence-electron chi connectivity index (χ4n) is 2.78. The third-order valence-electron chi connectivity index (χ3n) is 4.04. The molecule has 1 aromatic rings. The quantitative estimate of drug-likeness (QED) is 0.748. The number of carbonyl (C=O) groups excluding carboxylic acids is 1. The van der Waals surface area contributed by atoms with Crippen LogP contribution < -0.4 is 0 Å². The molecule has 3 heteroatoms. The fourth-order valence-corrected chi connectivity index (χ4v) is 2.78. The molecule has 0 aromatic heterocycles. The first kappa shape index (κ1) is 15.2. The maximum atomic E-state index is 12.3. The third kappa shape index (κ3) is 3.90. The minimum atomic E-state index is 0.221. The van der Waals surface area contributed by atoms with Gasteiger partial charge in [-0.25, -0.2) is 0 Å². The summed E-state index contributed by atoms with van der Waals surface area (Å²) in [4.78, 5) is 14.5. The van der Waals surface area contributed by atoms with Crippen LogP contribution in [0.4, 0.5) is 0 Å². The summed E-state index contributed by atoms with van der Waals surface area (Å²) in [6, 6.07) is 8.05. The monoisotopic (exact) mass is 275 g/mol. The van der Waals surface area contributed by atoms with Gasteiger partial charge in [0.25, 0.3) is 0 Å². The highest BCUT2D eigenvalue weighted by molar-refractivity contribution is 5.97. The molecule has 1 unspecified atom stereocenters. The van der Waals surface area contributed by atoms with Gasteiger partial charge in [-0.3, -0.25) is 9.69 Å². The summed E-state index contributed by atoms with van der Waals surface area (Å²) in [7, 11) is 1.74. The largest absolute Gasteiger partial charge is 0.384 e. The van der Waals surface area contributed by atoms with Gasteiger partial charge in [-0.1, -0.05) is 38.1 Å². The molecule has 110 valence electrons. The summed E-state index contributed by atoms with van der Waals surface area (Å²) >= 11 is 0. The fraction of sp³-hybridized carbons (Fsp3) is 0.588. The van der Waals surface area contributed by atoms with Crippen molar-refractivity contribution in [2.24, 2.45) is 5.92 Å². The first-order chi connectivity index (χ1) is 9.60. The van der Waals surface area contributed by atoms with Crippen LogP contribution in [0.1, 0.15) is 42.1 Å². The average molecular weight is 275 g/mol. The van der Waals surface area contributed by atoms with Crippen molar-refractivity contribution in [3.63, 3.8) is 0 Å². The number of rotatable bonds is 6. The van der Waals surface area contributed by atoms with Crippen molar-refractivity contribution in [1.29, 1.82) is 0 Å². The highest BCUT2D eigenvalue weighted by Crippen LogP contribution is 2.18. The maximum absolute atomic E-state index is 12.3. The van der Waals surface area contributed by atoms with Crippen molar-refractivity contribution < 1.29 is 9.53 Å². The van der Waals surface area contributed by atoms with Gasteiger partial charge < -0.3 is 4.74 Å². The zero-order chi connectivity index (χ0) is 14.5. The number of Topliss-reactive ketones (excluding diaryl/α,β-unsaturated/α-hetero) is 1. The van der Waals surface area contributed by atoms with Crippen LogP contribution in [-0.2, 0) is 4.74 Å². The van der Waals surface area contributed by atoms with Crippen molar-refractivity contribution in [3.05, 3.63) is 35.4 Å². The second-order valence-electron chi connectivity index (χ2n) is 6.05. The lowest BCUT2D eigenvalue weighted by Gasteiger charge is -2.15. The molecule has 0 bridgehead atoms. The van der Waals surface area contributed by atoms with Gasteiger partial charge in [0.2, 0.25) is 0 Å². The Labute approximate surface area is 121 Å². The highest BCUT2D eigenvalue weighted by Gasteiger charge is 2.24. The number of nitrogens with zero attached hydrogens (tertiary/aromatic N) is 1. The molecule has 0 saturated carbocycles. The highest BCUT2D eigenvalue weighted by atomic mass is 16.5. The Balaban J connectivity index is 1.89. The molecule has 0 radical (unpaired) electrons. The molecular weight excluding hydrogens is 250 g/mol. The molecule has 0 spiro atoms. The van der Waals surface area contributed by atoms with Crippen molar-refractivity contribution in [2.75, 3.05) is 33.4 Å². The summed E-state index contributed by atoms with van der Waals surface area (Å²) in [5.41, 5.74) is 2.10. The molecule has 1 fully saturated rings. The number of likely N-dealkylation sites (tertiary alicyclic amines) is 1. The Morgan fingerprint density at radius 1 is 1.35 bits per heavy atom. The van der Waals surface area contributed by atoms with Crippen molar-refractivity contribution in [3.8, 4) is 0 Å². The predicted octanol–water partition coefficient (Wildman–Crippen LogP) is 2.96. The van der Waals surface area contributed by atoms with Gasteiger partial charge in [0.05, 0.1) is 13.2 Å². The maximum Gasteiger partial charge on any atom is 0.176 e. The molecule has 3 nitrogen and oxygen atoms in total. The Bertz CT molecular complexity index is 439. The van der Waals surface area contributed by atoms with E-state index in [0.717, 1.165) is 31.7 Å². The van der Waals surface area contributed by atoms with E-state index in [-0.39, 0.29) is 5.78 Å². The molecule has 1 aliphatic rings. The van der Waals surface area contributed by atoms with Gasteiger partial charge in [-0.2, -0.15) is 0 Å². The van der Waals surface area contributed by atoms with Crippen LogP contribution in [0.15, 0.2) is 24.3 Å². The smallest absolute Gasteiger partial charge is 0.176 e. The topological polar surface area (TPSA) is 29.5 Å². The number of benzene rings is 1. The van der Waals surface area contributed by atoms with E-state index in [4.69, 9.17) is 4.74 Å². The third-order valence-corrected chi connectivity index (χ3v) is 4.04. The molecule has 0 aliphatic carbocycles. The van der Waals surface area contributed by atoms with Gasteiger partial charge in [-0.05, 0) is 30.4 Å². The molecular formula is C17H25NO2. The zero-order valence-corrected chi connectivity index (χ0v) is 12.8. The van der Waals surface area contributed by atoms with E-state index in [1.54, 1.807) is 7.11 Å². The van der Waals surface area contributed by atoms with Gasteiger partial charge >= 0.3 is 0 Å². The van der Waals surface area contributed by atoms with Crippen LogP contribution in [0, 0.1) is 5.92 Å². The lowest BCUT2D eigenvalue weighted by molar-refractivity contribution is 0.0937. The lowest BCUT2D eigenvalue weighted by Crippen LogP contribution is -2.28. The number of ether oxygens (including phenoxy) is 1. The first-order valence-electron chi connectivity index (χ1n) is 7.44. The summed E-state index contributed by atoms with van der Waals surface area (Å²) in [6.45, 7) is 7.64. The number of ketones is 1. The normalized spacial score (nSPS) is 19.7. The second kappa shape index (κ2) is 7.00. The summed E-state index contributed by atoms with van der Waals surface area (Å²) in [5.74, 6) is 1.31. The van der Waals surface area contributed by atoms with E-state index in [2.05, 4.69) is 30.9 Å². The van der Waals surface area contributed by atoms with E-state index >= 15 is 0 Å². The van der Waals surface area contributed by atoms with Crippen LogP contribution in [0.3, 0.4) is 0 Å². The van der Waals surface area contributed by atoms with Crippen molar-refractivity contribution >= 4 is 5.78 Å². The van der Waals surface area contributed by atoms with Crippen LogP contribution >= 0.6 is 0 Å². The summed E-state index contributed by atoms with van der Waals surface area (Å²) in [6.07, 6.45) is 1.13. The zero-order valence-electron chi connectivity index (χ0n) is 12.8. The van der Waals surface area contributed by atoms with Crippen LogP contribution in [0.5, 0.6) is 0 Å². The number of methoxy groups -OCH3 is 1. The van der Waals surface area contributed by atoms with E-state index in [1.165, 1.54) is 5.56 Å². The van der Waals surface area contributed by atoms with Gasteiger partial charge in [-0.15, -0.1) is 0 Å². The molecule has 1 heterocycles. The SMILES string of the molecule is COCC1CCN(CC(=O)c2ccc(C(C)C)cc2)C1. The van der Waals surface area contributed by atoms with Gasteiger partial charge in [0, 0.05) is 19.2 Å². The standard InChI is InChI=1S/C17H25NO2/c1-13(2)15-4-6-16(7-5-15)17(19)11-18-9-8-14(10-18)12-20-3/h4-7,13-14H,8-12H2,1-3H3. The summed E-state index contributed by atoms with van der Waals surface area (Å²) in [5, 5.41) is 0. The molecule has 1 aliphatic heterocycles. The lowest BCUT2D eigenvalue weighted by atomic mass is 10.0. The molecule has 0 N–H and O–H groups in total. The van der Waals surface area contributed by atoms with E-state index < -0.39 is 0 Å². The Kier molecular flexibility index (Phi) is 5.32. The van der Waals surface area contributed by atoms with E-state index in [1.807, 2.05) is 12.1 Å². The summed E-state index contributed by atoms with van der Waals surface area (Å²) < 4.78 is 5.19. The first-order valence-corrected chi connectivity index (χ1v) is 7.44. The minimum Gasteiger partial charge on any atom is -0.384 e. The predicted molar refractivity (Wildman–Crippen MR) is 81.3 cm³/mol. The van der Waals surface area contributed by atoms with E-state index in [9.17, 15) is 4.79 Å². The van der Waals surface area contributed by atoms with Crippen molar-refractivity contribution in [1.82, 2.24) is 4.90 Å². The number of hydrogen-bond donors (Lipinski definition) is 0. The molecule has 1 saturated heterocycles. The van der Waals surface area contributed by atoms with E-state index in [0.29, 0.717) is 18.4 Å². The molecule has 1 atom stereocenters. The minimum absolute atomic E-state index is 0.221. The van der Waals surface area contributed by atoms with Crippen LogP contribution in [-0.4, -0.2) is 44.0 Å². The Hall–Kier alpha value is -1.19. The van der Waals surface area contributed by atoms with Crippen LogP contribution in [0.25, 0.3) is 0 Å². The van der Waals surface area contributed by atoms with Gasteiger partial charge in [0.15, 0.2) is 5.78 Å². The van der Waals surface area contributed by atoms with Crippen LogP contribution in [0.2, 0.25) is 0 Å². The Morgan fingerprint density at radius 2 is 2.05 bits per heavy atom. The number of carbonyl (C=O) groups is 1. The molecule has 0 amide bonds. The average Bonchev–Trinajstić information content (AvgIpc) is 2.86. The second-order valence-corrected chi connectivity index (χ2v) is 6.05. The molecule has 20 heavy (non-hydrogen) atoms.